The van der Waals surface area contributed by atoms with Crippen molar-refractivity contribution in [1.29, 1.82) is 0 Å². The minimum Gasteiger partial charge on any atom is -0.467 e. The smallest absolute Gasteiger partial charge is 0.191 e. The molecule has 0 radical (unpaired) electrons. The van der Waals surface area contributed by atoms with Crippen molar-refractivity contribution in [2.45, 2.75) is 19.6 Å². The summed E-state index contributed by atoms with van der Waals surface area (Å²) in [7, 11) is 1.70. The predicted molar refractivity (Wildman–Crippen MR) is 87.6 cm³/mol. The van der Waals surface area contributed by atoms with Crippen molar-refractivity contribution >= 4 is 5.96 Å². The highest BCUT2D eigenvalue weighted by molar-refractivity contribution is 5.79. The lowest BCUT2D eigenvalue weighted by molar-refractivity contribution is 0.105. The molecule has 5 nitrogen and oxygen atoms in total. The van der Waals surface area contributed by atoms with Crippen LogP contribution in [0.25, 0.3) is 0 Å². The molecule has 2 aromatic rings. The second kappa shape index (κ2) is 9.63. The fourth-order valence-corrected chi connectivity index (χ4v) is 2.00. The highest BCUT2D eigenvalue weighted by atomic mass is 19.1. The van der Waals surface area contributed by atoms with Crippen molar-refractivity contribution in [1.82, 2.24) is 10.6 Å². The largest absolute Gasteiger partial charge is 0.467 e. The van der Waals surface area contributed by atoms with E-state index in [4.69, 9.17) is 9.15 Å². The maximum absolute atomic E-state index is 13.1. The molecule has 0 aliphatic rings. The first-order chi connectivity index (χ1) is 11.3. The van der Waals surface area contributed by atoms with Gasteiger partial charge in [0.25, 0.3) is 0 Å². The van der Waals surface area contributed by atoms with Crippen LogP contribution in [0, 0.1) is 5.82 Å². The number of guanidine groups is 1. The molecule has 6 heteroatoms. The van der Waals surface area contributed by atoms with Gasteiger partial charge in [-0.3, -0.25) is 4.99 Å². The minimum atomic E-state index is -0.235. The fourth-order valence-electron chi connectivity index (χ4n) is 2.00. The number of hydrogen-bond donors (Lipinski definition) is 2. The molecule has 0 spiro atoms. The first kappa shape index (κ1) is 17.0. The van der Waals surface area contributed by atoms with Gasteiger partial charge in [0.05, 0.1) is 6.26 Å². The molecule has 1 aromatic heterocycles. The van der Waals surface area contributed by atoms with E-state index in [9.17, 15) is 4.39 Å². The standard InChI is InChI=1S/C17H22FN3O2/c1-19-17(21-12-14-5-2-6-15(18)11-14)20-8-4-9-22-13-16-7-3-10-23-16/h2-3,5-7,10-11H,4,8-9,12-13H2,1H3,(H2,19,20,21). The summed E-state index contributed by atoms with van der Waals surface area (Å²) >= 11 is 0. The Morgan fingerprint density at radius 1 is 1.26 bits per heavy atom. The van der Waals surface area contributed by atoms with Crippen LogP contribution in [-0.2, 0) is 17.9 Å². The minimum absolute atomic E-state index is 0.235. The Morgan fingerprint density at radius 3 is 2.91 bits per heavy atom. The second-order valence-electron chi connectivity index (χ2n) is 4.97. The molecule has 0 saturated carbocycles. The predicted octanol–water partition coefficient (Wildman–Crippen LogP) is 2.69. The second-order valence-corrected chi connectivity index (χ2v) is 4.97. The normalized spacial score (nSPS) is 11.5. The zero-order valence-electron chi connectivity index (χ0n) is 13.2. The summed E-state index contributed by atoms with van der Waals surface area (Å²) in [4.78, 5) is 4.13. The Labute approximate surface area is 135 Å². The average molecular weight is 319 g/mol. The van der Waals surface area contributed by atoms with E-state index in [0.717, 1.165) is 24.3 Å². The molecule has 0 aliphatic carbocycles. The first-order valence-electron chi connectivity index (χ1n) is 7.57. The molecule has 0 aliphatic heterocycles. The van der Waals surface area contributed by atoms with E-state index >= 15 is 0 Å². The van der Waals surface area contributed by atoms with Crippen LogP contribution < -0.4 is 10.6 Å². The zero-order valence-corrected chi connectivity index (χ0v) is 13.2. The van der Waals surface area contributed by atoms with E-state index in [1.165, 1.54) is 12.1 Å². The van der Waals surface area contributed by atoms with Crippen molar-refractivity contribution in [3.63, 3.8) is 0 Å². The van der Waals surface area contributed by atoms with Crippen molar-refractivity contribution < 1.29 is 13.5 Å². The molecule has 1 aromatic carbocycles. The van der Waals surface area contributed by atoms with Gasteiger partial charge in [0.2, 0.25) is 0 Å². The van der Waals surface area contributed by atoms with E-state index in [1.54, 1.807) is 19.4 Å². The van der Waals surface area contributed by atoms with Gasteiger partial charge in [-0.2, -0.15) is 0 Å². The van der Waals surface area contributed by atoms with Gasteiger partial charge in [-0.1, -0.05) is 12.1 Å². The quantitative estimate of drug-likeness (QED) is 0.446. The van der Waals surface area contributed by atoms with Gasteiger partial charge >= 0.3 is 0 Å². The van der Waals surface area contributed by atoms with Crippen molar-refractivity contribution in [3.8, 4) is 0 Å². The van der Waals surface area contributed by atoms with Crippen molar-refractivity contribution in [2.24, 2.45) is 4.99 Å². The molecule has 0 saturated heterocycles. The monoisotopic (exact) mass is 319 g/mol. The van der Waals surface area contributed by atoms with Crippen LogP contribution in [0.3, 0.4) is 0 Å². The molecule has 0 unspecified atom stereocenters. The van der Waals surface area contributed by atoms with Crippen LogP contribution in [0.1, 0.15) is 17.7 Å². The number of rotatable bonds is 8. The number of benzene rings is 1. The summed E-state index contributed by atoms with van der Waals surface area (Å²) in [5.41, 5.74) is 0.870. The lowest BCUT2D eigenvalue weighted by Crippen LogP contribution is -2.37. The molecular formula is C17H22FN3O2. The summed E-state index contributed by atoms with van der Waals surface area (Å²) in [5.74, 6) is 1.27. The highest BCUT2D eigenvalue weighted by Gasteiger charge is 2.00. The van der Waals surface area contributed by atoms with E-state index in [0.29, 0.717) is 25.7 Å². The van der Waals surface area contributed by atoms with Crippen LogP contribution in [0.4, 0.5) is 4.39 Å². The van der Waals surface area contributed by atoms with Crippen LogP contribution in [0.2, 0.25) is 0 Å². The molecule has 0 amide bonds. The summed E-state index contributed by atoms with van der Waals surface area (Å²) in [5, 5.41) is 6.33. The van der Waals surface area contributed by atoms with E-state index in [1.807, 2.05) is 18.2 Å². The molecule has 0 bridgehead atoms. The molecular weight excluding hydrogens is 297 g/mol. The van der Waals surface area contributed by atoms with Gasteiger partial charge in [-0.05, 0) is 36.2 Å². The molecule has 124 valence electrons. The highest BCUT2D eigenvalue weighted by Crippen LogP contribution is 2.03. The molecule has 2 N–H and O–H groups in total. The van der Waals surface area contributed by atoms with Crippen molar-refractivity contribution in [2.75, 3.05) is 20.2 Å². The third-order valence-electron chi connectivity index (χ3n) is 3.15. The Morgan fingerprint density at radius 2 is 2.17 bits per heavy atom. The van der Waals surface area contributed by atoms with Gasteiger partial charge in [0.1, 0.15) is 18.2 Å². The summed E-state index contributed by atoms with van der Waals surface area (Å²) < 4.78 is 23.8. The molecule has 2 rings (SSSR count). The molecule has 0 atom stereocenters. The lowest BCUT2D eigenvalue weighted by Gasteiger charge is -2.12. The zero-order chi connectivity index (χ0) is 16.3. The average Bonchev–Trinajstić information content (AvgIpc) is 3.07. The number of hydrogen-bond acceptors (Lipinski definition) is 3. The maximum atomic E-state index is 13.1. The number of nitrogens with zero attached hydrogens (tertiary/aromatic N) is 1. The lowest BCUT2D eigenvalue weighted by atomic mass is 10.2. The fraction of sp³-hybridized carbons (Fsp3) is 0.353. The van der Waals surface area contributed by atoms with Crippen LogP contribution >= 0.6 is 0 Å². The number of furan rings is 1. The summed E-state index contributed by atoms with van der Waals surface area (Å²) in [6.45, 7) is 2.38. The third-order valence-corrected chi connectivity index (χ3v) is 3.15. The Bertz CT molecular complexity index is 600. The molecule has 1 heterocycles. The molecule has 23 heavy (non-hydrogen) atoms. The number of aliphatic imine (C=N–C) groups is 1. The SMILES string of the molecule is CN=C(NCCCOCc1ccco1)NCc1cccc(F)c1. The van der Waals surface area contributed by atoms with E-state index in [-0.39, 0.29) is 5.82 Å². The van der Waals surface area contributed by atoms with Gasteiger partial charge in [-0.15, -0.1) is 0 Å². The Hall–Kier alpha value is -2.34. The third kappa shape index (κ3) is 6.52. The topological polar surface area (TPSA) is 58.8 Å². The van der Waals surface area contributed by atoms with Gasteiger partial charge < -0.3 is 19.8 Å². The van der Waals surface area contributed by atoms with Crippen LogP contribution in [0.5, 0.6) is 0 Å². The van der Waals surface area contributed by atoms with Crippen LogP contribution in [-0.4, -0.2) is 26.2 Å². The number of halogens is 1. The Balaban J connectivity index is 1.58. The van der Waals surface area contributed by atoms with Crippen LogP contribution in [0.15, 0.2) is 52.1 Å². The van der Waals surface area contributed by atoms with Gasteiger partial charge in [-0.25, -0.2) is 4.39 Å². The number of ether oxygens (including phenoxy) is 1. The molecule has 0 fully saturated rings. The van der Waals surface area contributed by atoms with Gasteiger partial charge in [0, 0.05) is 26.7 Å². The van der Waals surface area contributed by atoms with Gasteiger partial charge in [0.15, 0.2) is 5.96 Å². The summed E-state index contributed by atoms with van der Waals surface area (Å²) in [6.07, 6.45) is 2.48. The Kier molecular flexibility index (Phi) is 7.13. The first-order valence-corrected chi connectivity index (χ1v) is 7.57. The summed E-state index contributed by atoms with van der Waals surface area (Å²) in [6, 6.07) is 10.2. The van der Waals surface area contributed by atoms with E-state index < -0.39 is 0 Å². The van der Waals surface area contributed by atoms with E-state index in [2.05, 4.69) is 15.6 Å². The number of nitrogens with one attached hydrogen (secondary N) is 2. The van der Waals surface area contributed by atoms with Crippen molar-refractivity contribution in [3.05, 3.63) is 59.8 Å². The maximum Gasteiger partial charge on any atom is 0.191 e.